The molecule has 0 bridgehead atoms. The normalized spacial score (nSPS) is 12.5. The zero-order valence-corrected chi connectivity index (χ0v) is 17.7. The molecule has 1 aliphatic rings. The summed E-state index contributed by atoms with van der Waals surface area (Å²) in [5.74, 6) is 1.27. The van der Waals surface area contributed by atoms with Crippen molar-refractivity contribution in [3.05, 3.63) is 89.3 Å². The lowest BCUT2D eigenvalue weighted by Gasteiger charge is -2.31. The van der Waals surface area contributed by atoms with Gasteiger partial charge in [-0.2, -0.15) is 0 Å². The Hall–Kier alpha value is -2.41. The van der Waals surface area contributed by atoms with Crippen molar-refractivity contribution >= 4 is 46.5 Å². The predicted octanol–water partition coefficient (Wildman–Crippen LogP) is 6.82. The molecule has 5 rings (SSSR count). The highest BCUT2D eigenvalue weighted by Gasteiger charge is 2.24. The minimum Gasteiger partial charge on any atom is -0.414 e. The lowest BCUT2D eigenvalue weighted by molar-refractivity contribution is 0.413. The first kappa shape index (κ1) is 18.6. The van der Waals surface area contributed by atoms with Gasteiger partial charge in [-0.25, -0.2) is 0 Å². The van der Waals surface area contributed by atoms with Crippen molar-refractivity contribution in [1.82, 2.24) is 10.2 Å². The maximum absolute atomic E-state index is 6.23. The van der Waals surface area contributed by atoms with E-state index in [0.717, 1.165) is 22.0 Å². The van der Waals surface area contributed by atoms with E-state index in [-0.39, 0.29) is 0 Å². The SMILES string of the molecule is Clc1ccccc1CSc1nnc(CN2c3ccccc3Sc3ccccc32)o1. The van der Waals surface area contributed by atoms with Crippen LogP contribution in [-0.2, 0) is 12.3 Å². The van der Waals surface area contributed by atoms with E-state index in [2.05, 4.69) is 63.6 Å². The fourth-order valence-electron chi connectivity index (χ4n) is 3.20. The molecular weight excluding hydrogens is 422 g/mol. The van der Waals surface area contributed by atoms with Crippen molar-refractivity contribution in [1.29, 1.82) is 0 Å². The van der Waals surface area contributed by atoms with Crippen LogP contribution in [0.2, 0.25) is 5.02 Å². The van der Waals surface area contributed by atoms with Crippen molar-refractivity contribution in [2.75, 3.05) is 4.90 Å². The molecule has 2 heterocycles. The van der Waals surface area contributed by atoms with Gasteiger partial charge in [0.2, 0.25) is 5.89 Å². The molecule has 1 aliphatic heterocycles. The van der Waals surface area contributed by atoms with Crippen LogP contribution < -0.4 is 4.90 Å². The quantitative estimate of drug-likeness (QED) is 0.319. The van der Waals surface area contributed by atoms with Crippen LogP contribution in [0, 0.1) is 0 Å². The number of para-hydroxylation sites is 2. The van der Waals surface area contributed by atoms with Gasteiger partial charge in [0.15, 0.2) is 0 Å². The van der Waals surface area contributed by atoms with Crippen molar-refractivity contribution in [2.45, 2.75) is 27.3 Å². The lowest BCUT2D eigenvalue weighted by Crippen LogP contribution is -2.20. The van der Waals surface area contributed by atoms with Gasteiger partial charge in [0.1, 0.15) is 6.54 Å². The zero-order chi connectivity index (χ0) is 19.6. The Labute approximate surface area is 182 Å². The number of hydrogen-bond donors (Lipinski definition) is 0. The summed E-state index contributed by atoms with van der Waals surface area (Å²) in [6, 6.07) is 24.6. The number of fused-ring (bicyclic) bond motifs is 2. The first-order valence-electron chi connectivity index (χ1n) is 9.10. The minimum absolute atomic E-state index is 0.522. The number of benzene rings is 3. The molecule has 0 radical (unpaired) electrons. The summed E-state index contributed by atoms with van der Waals surface area (Å²) < 4.78 is 5.93. The number of rotatable bonds is 5. The molecule has 0 aliphatic carbocycles. The fraction of sp³-hybridized carbons (Fsp3) is 0.0909. The molecule has 29 heavy (non-hydrogen) atoms. The monoisotopic (exact) mass is 437 g/mol. The fourth-order valence-corrected chi connectivity index (χ4v) is 5.36. The smallest absolute Gasteiger partial charge is 0.276 e. The Balaban J connectivity index is 1.37. The lowest BCUT2D eigenvalue weighted by atomic mass is 10.2. The van der Waals surface area contributed by atoms with E-state index in [1.165, 1.54) is 21.6 Å². The van der Waals surface area contributed by atoms with E-state index in [9.17, 15) is 0 Å². The second kappa shape index (κ2) is 8.14. The van der Waals surface area contributed by atoms with Crippen molar-refractivity contribution in [3.8, 4) is 0 Å². The van der Waals surface area contributed by atoms with Crippen LogP contribution in [0.3, 0.4) is 0 Å². The van der Waals surface area contributed by atoms with Crippen molar-refractivity contribution in [3.63, 3.8) is 0 Å². The van der Waals surface area contributed by atoms with E-state index in [1.807, 2.05) is 24.3 Å². The molecule has 0 atom stereocenters. The number of hydrogen-bond acceptors (Lipinski definition) is 6. The third-order valence-corrected chi connectivity index (χ3v) is 6.95. The molecular formula is C22H16ClN3OS2. The second-order valence-corrected chi connectivity index (χ2v) is 8.88. The highest BCUT2D eigenvalue weighted by Crippen LogP contribution is 2.48. The van der Waals surface area contributed by atoms with Gasteiger partial charge in [-0.05, 0) is 35.9 Å². The summed E-state index contributed by atoms with van der Waals surface area (Å²) in [6.45, 7) is 0.522. The molecule has 4 nitrogen and oxygen atoms in total. The average molecular weight is 438 g/mol. The summed E-state index contributed by atoms with van der Waals surface area (Å²) in [5.41, 5.74) is 3.36. The molecule has 1 aromatic heterocycles. The number of nitrogens with zero attached hydrogens (tertiary/aromatic N) is 3. The maximum Gasteiger partial charge on any atom is 0.276 e. The van der Waals surface area contributed by atoms with Crippen LogP contribution in [0.25, 0.3) is 0 Å². The van der Waals surface area contributed by atoms with Gasteiger partial charge in [-0.3, -0.25) is 0 Å². The zero-order valence-electron chi connectivity index (χ0n) is 15.3. The van der Waals surface area contributed by atoms with Crippen LogP contribution in [0.15, 0.2) is 92.2 Å². The minimum atomic E-state index is 0.522. The number of thioether (sulfide) groups is 1. The van der Waals surface area contributed by atoms with E-state index in [4.69, 9.17) is 16.0 Å². The summed E-state index contributed by atoms with van der Waals surface area (Å²) in [7, 11) is 0. The summed E-state index contributed by atoms with van der Waals surface area (Å²) in [6.07, 6.45) is 0. The molecule has 0 unspecified atom stereocenters. The van der Waals surface area contributed by atoms with Gasteiger partial charge >= 0.3 is 0 Å². The molecule has 144 valence electrons. The van der Waals surface area contributed by atoms with Crippen LogP contribution in [0.5, 0.6) is 0 Å². The van der Waals surface area contributed by atoms with Gasteiger partial charge < -0.3 is 9.32 Å². The molecule has 0 spiro atoms. The number of aromatic nitrogens is 2. The Morgan fingerprint density at radius 3 is 2.24 bits per heavy atom. The third-order valence-electron chi connectivity index (χ3n) is 4.58. The Kier molecular flexibility index (Phi) is 5.23. The maximum atomic E-state index is 6.23. The number of halogens is 1. The standard InChI is InChI=1S/C22H16ClN3OS2/c23-16-8-2-1-7-15(16)14-28-22-25-24-21(27-22)13-26-17-9-3-5-11-19(17)29-20-12-6-4-10-18(20)26/h1-12H,13-14H2. The molecule has 4 aromatic rings. The van der Waals surface area contributed by atoms with Gasteiger partial charge in [0, 0.05) is 20.6 Å². The van der Waals surface area contributed by atoms with Gasteiger partial charge in [-0.15, -0.1) is 10.2 Å². The van der Waals surface area contributed by atoms with Gasteiger partial charge in [-0.1, -0.05) is 77.6 Å². The largest absolute Gasteiger partial charge is 0.414 e. The number of anilines is 2. The van der Waals surface area contributed by atoms with Crippen LogP contribution >= 0.6 is 35.1 Å². The second-order valence-electron chi connectivity index (χ2n) is 6.47. The summed E-state index contributed by atoms with van der Waals surface area (Å²) >= 11 is 9.51. The topological polar surface area (TPSA) is 42.2 Å². The van der Waals surface area contributed by atoms with Crippen LogP contribution in [-0.4, -0.2) is 10.2 Å². The average Bonchev–Trinajstić information content (AvgIpc) is 3.20. The molecule has 7 heteroatoms. The molecule has 0 saturated heterocycles. The van der Waals surface area contributed by atoms with E-state index < -0.39 is 0 Å². The van der Waals surface area contributed by atoms with Gasteiger partial charge in [0.05, 0.1) is 11.4 Å². The highest BCUT2D eigenvalue weighted by atomic mass is 35.5. The van der Waals surface area contributed by atoms with Gasteiger partial charge in [0.25, 0.3) is 5.22 Å². The Bertz CT molecular complexity index is 1120. The van der Waals surface area contributed by atoms with E-state index >= 15 is 0 Å². The Morgan fingerprint density at radius 1 is 0.862 bits per heavy atom. The summed E-state index contributed by atoms with van der Waals surface area (Å²) in [5, 5.41) is 9.78. The third kappa shape index (κ3) is 3.88. The predicted molar refractivity (Wildman–Crippen MR) is 118 cm³/mol. The van der Waals surface area contributed by atoms with Crippen molar-refractivity contribution < 1.29 is 4.42 Å². The highest BCUT2D eigenvalue weighted by molar-refractivity contribution is 7.99. The molecule has 0 saturated carbocycles. The molecule has 0 amide bonds. The van der Waals surface area contributed by atoms with Crippen LogP contribution in [0.1, 0.15) is 11.5 Å². The Morgan fingerprint density at radius 2 is 1.52 bits per heavy atom. The first-order valence-corrected chi connectivity index (χ1v) is 11.3. The van der Waals surface area contributed by atoms with Crippen LogP contribution in [0.4, 0.5) is 11.4 Å². The summed E-state index contributed by atoms with van der Waals surface area (Å²) in [4.78, 5) is 4.68. The van der Waals surface area contributed by atoms with E-state index in [0.29, 0.717) is 23.4 Å². The molecule has 0 fully saturated rings. The first-order chi connectivity index (χ1) is 14.3. The molecule has 0 N–H and O–H groups in total. The molecule has 3 aromatic carbocycles. The van der Waals surface area contributed by atoms with E-state index in [1.54, 1.807) is 11.8 Å². The van der Waals surface area contributed by atoms with Crippen molar-refractivity contribution in [2.24, 2.45) is 0 Å².